The molecule has 1 aromatic heterocycles. The second-order valence-electron chi connectivity index (χ2n) is 6.62. The number of hydrogen-bond acceptors (Lipinski definition) is 4. The van der Waals surface area contributed by atoms with Crippen molar-refractivity contribution in [1.82, 2.24) is 20.2 Å². The van der Waals surface area contributed by atoms with Gasteiger partial charge in [-0.25, -0.2) is 4.68 Å². The van der Waals surface area contributed by atoms with Crippen molar-refractivity contribution in [3.05, 3.63) is 5.82 Å². The Labute approximate surface area is 113 Å². The molecule has 4 saturated carbocycles. The number of tetrazole rings is 1. The summed E-state index contributed by atoms with van der Waals surface area (Å²) in [5.74, 6) is 5.15. The van der Waals surface area contributed by atoms with Crippen LogP contribution in [0.15, 0.2) is 0 Å². The van der Waals surface area contributed by atoms with E-state index in [-0.39, 0.29) is 0 Å². The fourth-order valence-corrected chi connectivity index (χ4v) is 5.11. The van der Waals surface area contributed by atoms with E-state index in [0.717, 1.165) is 29.5 Å². The lowest BCUT2D eigenvalue weighted by atomic mass is 9.51. The van der Waals surface area contributed by atoms with Gasteiger partial charge < -0.3 is 0 Å². The summed E-state index contributed by atoms with van der Waals surface area (Å²) in [4.78, 5) is 0. The average molecular weight is 257 g/mol. The minimum atomic E-state index is 0.491. The van der Waals surface area contributed by atoms with Crippen LogP contribution in [-0.4, -0.2) is 20.2 Å². The molecule has 1 aromatic rings. The first-order valence-electron chi connectivity index (χ1n) is 7.48. The summed E-state index contributed by atoms with van der Waals surface area (Å²) in [6, 6.07) is 2.18. The summed E-state index contributed by atoms with van der Waals surface area (Å²) in [5, 5.41) is 21.0. The zero-order valence-electron chi connectivity index (χ0n) is 11.1. The molecule has 5 rings (SSSR count). The van der Waals surface area contributed by atoms with E-state index in [2.05, 4.69) is 21.6 Å². The summed E-state index contributed by atoms with van der Waals surface area (Å²) in [5.41, 5.74) is 0. The van der Waals surface area contributed by atoms with Crippen molar-refractivity contribution < 1.29 is 0 Å². The third kappa shape index (κ3) is 1.77. The molecule has 0 amide bonds. The molecule has 0 spiro atoms. The Morgan fingerprint density at radius 3 is 2.42 bits per heavy atom. The number of rotatable bonds is 3. The van der Waals surface area contributed by atoms with E-state index in [1.165, 1.54) is 32.1 Å². The molecule has 19 heavy (non-hydrogen) atoms. The molecule has 5 heteroatoms. The molecule has 0 atom stereocenters. The van der Waals surface area contributed by atoms with Gasteiger partial charge in [0.25, 0.3) is 0 Å². The van der Waals surface area contributed by atoms with E-state index < -0.39 is 0 Å². The van der Waals surface area contributed by atoms with Gasteiger partial charge in [0.2, 0.25) is 0 Å². The first-order valence-corrected chi connectivity index (χ1v) is 7.48. The largest absolute Gasteiger partial charge is 0.228 e. The highest BCUT2D eigenvalue weighted by Gasteiger charge is 2.50. The predicted molar refractivity (Wildman–Crippen MR) is 67.8 cm³/mol. The van der Waals surface area contributed by atoms with Crippen molar-refractivity contribution in [2.75, 3.05) is 0 Å². The van der Waals surface area contributed by atoms with Gasteiger partial charge in [-0.05, 0) is 66.2 Å². The van der Waals surface area contributed by atoms with Crippen molar-refractivity contribution in [1.29, 1.82) is 5.26 Å². The highest BCUT2D eigenvalue weighted by molar-refractivity contribution is 5.10. The maximum Gasteiger partial charge on any atom is 0.154 e. The Hall–Kier alpha value is -1.44. The van der Waals surface area contributed by atoms with E-state index in [1.807, 2.05) is 4.68 Å². The van der Waals surface area contributed by atoms with Gasteiger partial charge in [-0.2, -0.15) is 5.26 Å². The first kappa shape index (κ1) is 11.4. The third-order valence-corrected chi connectivity index (χ3v) is 5.52. The Morgan fingerprint density at radius 1 is 1.11 bits per heavy atom. The number of nitrogens with zero attached hydrogens (tertiary/aromatic N) is 5. The topological polar surface area (TPSA) is 67.4 Å². The lowest BCUT2D eigenvalue weighted by Crippen LogP contribution is -2.44. The van der Waals surface area contributed by atoms with Gasteiger partial charge in [0.1, 0.15) is 0 Å². The van der Waals surface area contributed by atoms with Gasteiger partial charge in [0.05, 0.1) is 19.0 Å². The zero-order valence-corrected chi connectivity index (χ0v) is 11.1. The van der Waals surface area contributed by atoms with E-state index in [9.17, 15) is 0 Å². The number of aromatic nitrogens is 4. The smallest absolute Gasteiger partial charge is 0.154 e. The molecule has 100 valence electrons. The van der Waals surface area contributed by atoms with Crippen LogP contribution in [0, 0.1) is 35.0 Å². The van der Waals surface area contributed by atoms with Crippen LogP contribution in [-0.2, 0) is 6.54 Å². The summed E-state index contributed by atoms with van der Waals surface area (Å²) in [6.45, 7) is 0.641. The van der Waals surface area contributed by atoms with Gasteiger partial charge in [0, 0.05) is 5.92 Å². The molecule has 0 radical (unpaired) electrons. The standard InChI is InChI=1S/C14H19N5/c15-2-1-3-19-14(16-17-18-19)13-11-5-9-4-10(7-11)8-12(13)6-9/h9-13H,1,3-8H2. The van der Waals surface area contributed by atoms with E-state index in [1.54, 1.807) is 0 Å². The Balaban J connectivity index is 1.62. The minimum Gasteiger partial charge on any atom is -0.228 e. The molecule has 0 aliphatic heterocycles. The minimum absolute atomic E-state index is 0.491. The molecule has 1 heterocycles. The van der Waals surface area contributed by atoms with Gasteiger partial charge >= 0.3 is 0 Å². The molecule has 0 aromatic carbocycles. The summed E-state index contributed by atoms with van der Waals surface area (Å²) in [7, 11) is 0. The van der Waals surface area contributed by atoms with Crippen molar-refractivity contribution in [2.45, 2.75) is 51.0 Å². The zero-order chi connectivity index (χ0) is 12.8. The van der Waals surface area contributed by atoms with Crippen LogP contribution >= 0.6 is 0 Å². The second-order valence-corrected chi connectivity index (χ2v) is 6.62. The monoisotopic (exact) mass is 257 g/mol. The summed E-state index contributed by atoms with van der Waals surface area (Å²) < 4.78 is 1.89. The van der Waals surface area contributed by atoms with Crippen molar-refractivity contribution in [2.24, 2.45) is 23.7 Å². The fraction of sp³-hybridized carbons (Fsp3) is 0.857. The van der Waals surface area contributed by atoms with Crippen molar-refractivity contribution in [3.8, 4) is 6.07 Å². The van der Waals surface area contributed by atoms with Crippen LogP contribution in [0.2, 0.25) is 0 Å². The molecular formula is C14H19N5. The van der Waals surface area contributed by atoms with Crippen molar-refractivity contribution >= 4 is 0 Å². The molecule has 4 aliphatic carbocycles. The van der Waals surface area contributed by atoms with Gasteiger partial charge in [-0.1, -0.05) is 0 Å². The van der Waals surface area contributed by atoms with Crippen LogP contribution in [0.3, 0.4) is 0 Å². The number of aryl methyl sites for hydroxylation is 1. The quantitative estimate of drug-likeness (QED) is 0.831. The van der Waals surface area contributed by atoms with Crippen LogP contribution in [0.25, 0.3) is 0 Å². The molecule has 0 saturated heterocycles. The Morgan fingerprint density at radius 2 is 1.79 bits per heavy atom. The van der Waals surface area contributed by atoms with Crippen LogP contribution < -0.4 is 0 Å². The second kappa shape index (κ2) is 4.29. The molecule has 0 N–H and O–H groups in total. The Kier molecular flexibility index (Phi) is 2.57. The summed E-state index contributed by atoms with van der Waals surface area (Å²) in [6.07, 6.45) is 7.47. The first-order chi connectivity index (χ1) is 9.35. The molecule has 4 aliphatic rings. The van der Waals surface area contributed by atoms with E-state index in [4.69, 9.17) is 5.26 Å². The van der Waals surface area contributed by atoms with Crippen LogP contribution in [0.4, 0.5) is 0 Å². The molecule has 4 bridgehead atoms. The van der Waals surface area contributed by atoms with Gasteiger partial charge in [0.15, 0.2) is 5.82 Å². The van der Waals surface area contributed by atoms with E-state index >= 15 is 0 Å². The van der Waals surface area contributed by atoms with E-state index in [0.29, 0.717) is 18.9 Å². The highest BCUT2D eigenvalue weighted by atomic mass is 15.5. The predicted octanol–water partition coefficient (Wildman–Crippen LogP) is 2.13. The summed E-state index contributed by atoms with van der Waals surface area (Å²) >= 11 is 0. The van der Waals surface area contributed by atoms with Crippen LogP contribution in [0.1, 0.15) is 50.3 Å². The lowest BCUT2D eigenvalue weighted by Gasteiger charge is -2.53. The van der Waals surface area contributed by atoms with Gasteiger partial charge in [-0.3, -0.25) is 0 Å². The lowest BCUT2D eigenvalue weighted by molar-refractivity contribution is -0.00714. The fourth-order valence-electron chi connectivity index (χ4n) is 5.11. The highest BCUT2D eigenvalue weighted by Crippen LogP contribution is 2.59. The molecule has 5 nitrogen and oxygen atoms in total. The molecule has 0 unspecified atom stereocenters. The van der Waals surface area contributed by atoms with Gasteiger partial charge in [-0.15, -0.1) is 5.10 Å². The SMILES string of the molecule is N#CCCn1nnnc1C1C2CC3CC(C2)CC1C3. The van der Waals surface area contributed by atoms with Crippen molar-refractivity contribution in [3.63, 3.8) is 0 Å². The number of nitriles is 1. The normalized spacial score (nSPS) is 39.4. The maximum absolute atomic E-state index is 8.74. The molecular weight excluding hydrogens is 238 g/mol. The molecule has 4 fully saturated rings. The van der Waals surface area contributed by atoms with Crippen LogP contribution in [0.5, 0.6) is 0 Å². The Bertz CT molecular complexity index is 486. The average Bonchev–Trinajstić information content (AvgIpc) is 2.83. The number of hydrogen-bond donors (Lipinski definition) is 0. The third-order valence-electron chi connectivity index (χ3n) is 5.52. The maximum atomic E-state index is 8.74.